The van der Waals surface area contributed by atoms with Crippen molar-refractivity contribution in [3.8, 4) is 0 Å². The Morgan fingerprint density at radius 3 is 2.74 bits per heavy atom. The van der Waals surface area contributed by atoms with E-state index in [-0.39, 0.29) is 11.9 Å². The Morgan fingerprint density at radius 1 is 1.26 bits per heavy atom. The predicted molar refractivity (Wildman–Crippen MR) is 139 cm³/mol. The van der Waals surface area contributed by atoms with Crippen molar-refractivity contribution in [2.45, 2.75) is 53.0 Å². The highest BCUT2D eigenvalue weighted by molar-refractivity contribution is 8.02. The minimum absolute atomic E-state index is 0.125. The quantitative estimate of drug-likeness (QED) is 0.355. The zero-order valence-electron chi connectivity index (χ0n) is 20.6. The summed E-state index contributed by atoms with van der Waals surface area (Å²) in [6.45, 7) is 9.49. The Morgan fingerprint density at radius 2 is 2.03 bits per heavy atom. The summed E-state index contributed by atoms with van der Waals surface area (Å²) in [6.07, 6.45) is 7.98. The summed E-state index contributed by atoms with van der Waals surface area (Å²) in [5.41, 5.74) is 4.90. The first-order valence-corrected chi connectivity index (χ1v) is 13.0. The predicted octanol–water partition coefficient (Wildman–Crippen LogP) is 5.07. The Labute approximate surface area is 206 Å². The summed E-state index contributed by atoms with van der Waals surface area (Å²) in [7, 11) is 1.41. The number of hydrogen-bond acceptors (Lipinski definition) is 5. The van der Waals surface area contributed by atoms with Crippen LogP contribution in [0.25, 0.3) is 10.9 Å². The molecule has 0 unspecified atom stereocenters. The van der Waals surface area contributed by atoms with Crippen molar-refractivity contribution in [1.82, 2.24) is 14.2 Å². The molecule has 4 rings (SSSR count). The number of fused-ring (bicyclic) bond motifs is 3. The number of nitrogens with zero attached hydrogens (tertiary/aromatic N) is 2. The lowest BCUT2D eigenvalue weighted by atomic mass is 9.98. The molecule has 0 radical (unpaired) electrons. The van der Waals surface area contributed by atoms with Crippen LogP contribution in [0.4, 0.5) is 0 Å². The van der Waals surface area contributed by atoms with Gasteiger partial charge in [-0.1, -0.05) is 26.0 Å². The summed E-state index contributed by atoms with van der Waals surface area (Å²) in [5.74, 6) is 0.492. The molecule has 1 aromatic heterocycles. The number of aromatic nitrogens is 1. The molecule has 3 heterocycles. The lowest BCUT2D eigenvalue weighted by molar-refractivity contribution is -0.136. The molecule has 1 saturated heterocycles. The minimum Gasteiger partial charge on any atom is -0.466 e. The maximum atomic E-state index is 13.2. The van der Waals surface area contributed by atoms with Crippen molar-refractivity contribution in [3.63, 3.8) is 0 Å². The molecule has 2 aliphatic rings. The molecule has 34 heavy (non-hydrogen) atoms. The second kappa shape index (κ2) is 10.8. The van der Waals surface area contributed by atoms with Gasteiger partial charge in [-0.25, -0.2) is 4.79 Å². The van der Waals surface area contributed by atoms with Crippen LogP contribution in [-0.4, -0.2) is 47.5 Å². The van der Waals surface area contributed by atoms with Crippen molar-refractivity contribution in [3.05, 3.63) is 57.7 Å². The summed E-state index contributed by atoms with van der Waals surface area (Å²) in [4.78, 5) is 28.4. The molecule has 0 saturated carbocycles. The SMILES string of the molecule is CC/C=C\C(Sn1c2c(c3cc(C(=O)N4CCC(C)CC4)ccc31)CNCC2)=C(/C)C(=O)OC. The molecule has 7 heteroatoms. The number of carbonyl (C=O) groups is 2. The van der Waals surface area contributed by atoms with E-state index in [2.05, 4.69) is 41.3 Å². The average molecular weight is 482 g/mol. The van der Waals surface area contributed by atoms with Gasteiger partial charge in [-0.3, -0.25) is 8.77 Å². The van der Waals surface area contributed by atoms with E-state index in [0.29, 0.717) is 11.5 Å². The van der Waals surface area contributed by atoms with E-state index >= 15 is 0 Å². The van der Waals surface area contributed by atoms with E-state index < -0.39 is 0 Å². The largest absolute Gasteiger partial charge is 0.466 e. The number of ether oxygens (including phenoxy) is 1. The molecular weight excluding hydrogens is 446 g/mol. The summed E-state index contributed by atoms with van der Waals surface area (Å²) in [6, 6.07) is 6.09. The standard InChI is InChI=1S/C27H35N3O3S/c1-5-6-7-25(19(3)27(32)33-4)34-30-23-9-8-20(26(31)29-14-11-18(2)12-15-29)16-21(23)22-17-28-13-10-24(22)30/h6-9,16,18,28H,5,10-15,17H2,1-4H3/b7-6-,25-19-. The molecule has 1 amide bonds. The molecule has 0 bridgehead atoms. The van der Waals surface area contributed by atoms with Gasteiger partial charge in [0.25, 0.3) is 5.91 Å². The van der Waals surface area contributed by atoms with Gasteiger partial charge in [0.2, 0.25) is 0 Å². The lowest BCUT2D eigenvalue weighted by Crippen LogP contribution is -2.37. The number of esters is 1. The van der Waals surface area contributed by atoms with E-state index in [1.54, 1.807) is 11.9 Å². The number of carbonyl (C=O) groups excluding carboxylic acids is 2. The number of hydrogen-bond donors (Lipinski definition) is 1. The molecule has 2 aliphatic heterocycles. The fourth-order valence-corrected chi connectivity index (χ4v) is 5.82. The monoisotopic (exact) mass is 481 g/mol. The van der Waals surface area contributed by atoms with Crippen LogP contribution >= 0.6 is 11.9 Å². The third-order valence-electron chi connectivity index (χ3n) is 6.85. The Balaban J connectivity index is 1.75. The second-order valence-electron chi connectivity index (χ2n) is 9.24. The first kappa shape index (κ1) is 24.6. The Kier molecular flexibility index (Phi) is 7.84. The van der Waals surface area contributed by atoms with Crippen molar-refractivity contribution >= 4 is 34.7 Å². The smallest absolute Gasteiger partial charge is 0.334 e. The van der Waals surface area contributed by atoms with Crippen LogP contribution < -0.4 is 5.32 Å². The molecule has 0 spiro atoms. The van der Waals surface area contributed by atoms with Crippen LogP contribution in [0.1, 0.15) is 61.6 Å². The molecule has 0 atom stereocenters. The van der Waals surface area contributed by atoms with E-state index in [1.807, 2.05) is 24.0 Å². The number of piperidine rings is 1. The van der Waals surface area contributed by atoms with Gasteiger partial charge in [-0.05, 0) is 67.8 Å². The number of rotatable bonds is 6. The van der Waals surface area contributed by atoms with E-state index in [1.165, 1.54) is 18.4 Å². The Hall–Kier alpha value is -2.51. The first-order chi connectivity index (χ1) is 16.4. The molecular formula is C27H35N3O3S. The zero-order valence-corrected chi connectivity index (χ0v) is 21.5. The highest BCUT2D eigenvalue weighted by Gasteiger charge is 2.25. The third kappa shape index (κ3) is 4.96. The van der Waals surface area contributed by atoms with Crippen molar-refractivity contribution < 1.29 is 14.3 Å². The molecule has 1 aromatic carbocycles. The molecule has 182 valence electrons. The van der Waals surface area contributed by atoms with Gasteiger partial charge in [0.1, 0.15) is 0 Å². The van der Waals surface area contributed by atoms with Crippen LogP contribution in [0.15, 0.2) is 40.8 Å². The third-order valence-corrected chi connectivity index (χ3v) is 8.09. The second-order valence-corrected chi connectivity index (χ2v) is 10.2. The molecule has 2 aromatic rings. The maximum Gasteiger partial charge on any atom is 0.334 e. The maximum absolute atomic E-state index is 13.2. The van der Waals surface area contributed by atoms with Crippen LogP contribution in [0.2, 0.25) is 0 Å². The highest BCUT2D eigenvalue weighted by Crippen LogP contribution is 2.37. The van der Waals surface area contributed by atoms with Gasteiger partial charge in [-0.2, -0.15) is 0 Å². The molecule has 6 nitrogen and oxygen atoms in total. The van der Waals surface area contributed by atoms with E-state index in [9.17, 15) is 9.59 Å². The molecule has 1 fully saturated rings. The van der Waals surface area contributed by atoms with Crippen LogP contribution in [0.5, 0.6) is 0 Å². The summed E-state index contributed by atoms with van der Waals surface area (Å²) >= 11 is 1.56. The minimum atomic E-state index is -0.320. The molecule has 0 aliphatic carbocycles. The number of nitrogens with one attached hydrogen (secondary N) is 1. The van der Waals surface area contributed by atoms with Gasteiger partial charge in [0.15, 0.2) is 0 Å². The topological polar surface area (TPSA) is 63.6 Å². The van der Waals surface area contributed by atoms with Crippen molar-refractivity contribution in [2.75, 3.05) is 26.7 Å². The van der Waals surface area contributed by atoms with Gasteiger partial charge >= 0.3 is 5.97 Å². The normalized spacial score (nSPS) is 17.7. The fraction of sp³-hybridized carbons (Fsp3) is 0.481. The Bertz CT molecular complexity index is 1140. The first-order valence-electron chi connectivity index (χ1n) is 12.2. The fourth-order valence-electron chi connectivity index (χ4n) is 4.68. The number of allylic oxidation sites excluding steroid dienone is 2. The summed E-state index contributed by atoms with van der Waals surface area (Å²) in [5, 5.41) is 4.59. The highest BCUT2D eigenvalue weighted by atomic mass is 32.2. The van der Waals surface area contributed by atoms with Gasteiger partial charge in [0.05, 0.1) is 12.6 Å². The van der Waals surface area contributed by atoms with E-state index in [0.717, 1.165) is 73.2 Å². The number of methoxy groups -OCH3 is 1. The lowest BCUT2D eigenvalue weighted by Gasteiger charge is -2.30. The van der Waals surface area contributed by atoms with Crippen LogP contribution in [0.3, 0.4) is 0 Å². The van der Waals surface area contributed by atoms with Crippen molar-refractivity contribution in [2.24, 2.45) is 5.92 Å². The molecule has 1 N–H and O–H groups in total. The van der Waals surface area contributed by atoms with Crippen LogP contribution in [-0.2, 0) is 22.5 Å². The summed E-state index contributed by atoms with van der Waals surface area (Å²) < 4.78 is 7.23. The van der Waals surface area contributed by atoms with Gasteiger partial charge in [0, 0.05) is 59.7 Å². The van der Waals surface area contributed by atoms with Gasteiger partial charge < -0.3 is 15.0 Å². The van der Waals surface area contributed by atoms with E-state index in [4.69, 9.17) is 4.74 Å². The average Bonchev–Trinajstić information content (AvgIpc) is 3.18. The zero-order chi connectivity index (χ0) is 24.2. The number of amides is 1. The number of benzene rings is 1. The van der Waals surface area contributed by atoms with Gasteiger partial charge in [-0.15, -0.1) is 0 Å². The van der Waals surface area contributed by atoms with Crippen molar-refractivity contribution in [1.29, 1.82) is 0 Å². The van der Waals surface area contributed by atoms with Crippen LogP contribution in [0, 0.1) is 5.92 Å². The number of likely N-dealkylation sites (tertiary alicyclic amines) is 1.